The molecule has 0 aliphatic carbocycles. The van der Waals surface area contributed by atoms with Gasteiger partial charge in [-0.1, -0.05) is 73.2 Å². The van der Waals surface area contributed by atoms with Crippen LogP contribution in [0.4, 0.5) is 5.69 Å². The van der Waals surface area contributed by atoms with Crippen molar-refractivity contribution in [3.63, 3.8) is 0 Å². The van der Waals surface area contributed by atoms with Crippen LogP contribution in [0.5, 0.6) is 11.5 Å². The molecule has 0 fully saturated rings. The molecule has 4 aromatic rings. The highest BCUT2D eigenvalue weighted by atomic mass is 32.2. The van der Waals surface area contributed by atoms with Crippen molar-refractivity contribution >= 4 is 27.5 Å². The molecule has 0 saturated heterocycles. The van der Waals surface area contributed by atoms with Crippen molar-refractivity contribution < 1.29 is 22.7 Å². The molecule has 0 unspecified atom stereocenters. The number of hydrogen-bond donors (Lipinski definition) is 1. The largest absolute Gasteiger partial charge is 0.457 e. The number of rotatable bonds is 13. The zero-order valence-electron chi connectivity index (χ0n) is 25.5. The van der Waals surface area contributed by atoms with Crippen LogP contribution in [0.15, 0.2) is 114 Å². The van der Waals surface area contributed by atoms with Crippen molar-refractivity contribution in [3.8, 4) is 11.5 Å². The van der Waals surface area contributed by atoms with E-state index in [4.69, 9.17) is 4.74 Å². The molecule has 4 aromatic carbocycles. The number of nitrogens with one attached hydrogen (secondary N) is 1. The van der Waals surface area contributed by atoms with E-state index >= 15 is 0 Å². The molecular formula is C35H39N3O5S. The van der Waals surface area contributed by atoms with Crippen molar-refractivity contribution in [3.05, 3.63) is 120 Å². The number of sulfonamides is 1. The first-order valence-electron chi connectivity index (χ1n) is 14.6. The summed E-state index contributed by atoms with van der Waals surface area (Å²) in [5.74, 6) is 0.334. The Morgan fingerprint density at radius 1 is 0.795 bits per heavy atom. The summed E-state index contributed by atoms with van der Waals surface area (Å²) < 4.78 is 35.1. The Bertz CT molecular complexity index is 1630. The summed E-state index contributed by atoms with van der Waals surface area (Å²) in [4.78, 5) is 28.8. The molecule has 2 atom stereocenters. The zero-order chi connectivity index (χ0) is 31.7. The van der Waals surface area contributed by atoms with Crippen LogP contribution in [0, 0.1) is 6.92 Å². The molecule has 230 valence electrons. The van der Waals surface area contributed by atoms with Crippen molar-refractivity contribution in [2.75, 3.05) is 10.8 Å². The highest BCUT2D eigenvalue weighted by Gasteiger charge is 2.32. The van der Waals surface area contributed by atoms with Crippen molar-refractivity contribution in [2.45, 2.75) is 57.6 Å². The van der Waals surface area contributed by atoms with Gasteiger partial charge < -0.3 is 15.0 Å². The molecule has 4 rings (SSSR count). The van der Waals surface area contributed by atoms with Gasteiger partial charge in [0.1, 0.15) is 24.1 Å². The molecule has 0 bridgehead atoms. The number of benzene rings is 4. The first kappa shape index (κ1) is 32.3. The Balaban J connectivity index is 1.69. The molecular weight excluding hydrogens is 574 g/mol. The van der Waals surface area contributed by atoms with Crippen molar-refractivity contribution in [1.82, 2.24) is 10.2 Å². The molecule has 0 aromatic heterocycles. The van der Waals surface area contributed by atoms with Gasteiger partial charge in [0.05, 0.1) is 10.6 Å². The minimum atomic E-state index is -4.17. The molecule has 8 nitrogen and oxygen atoms in total. The Labute approximate surface area is 260 Å². The van der Waals surface area contributed by atoms with E-state index in [0.717, 1.165) is 21.9 Å². The molecule has 0 aliphatic heterocycles. The van der Waals surface area contributed by atoms with Crippen LogP contribution >= 0.6 is 0 Å². The van der Waals surface area contributed by atoms with Crippen molar-refractivity contribution in [1.29, 1.82) is 0 Å². The van der Waals surface area contributed by atoms with E-state index in [9.17, 15) is 18.0 Å². The molecule has 0 aliphatic rings. The van der Waals surface area contributed by atoms with Crippen LogP contribution in [0.1, 0.15) is 38.3 Å². The number of amides is 2. The minimum absolute atomic E-state index is 0.0534. The summed E-state index contributed by atoms with van der Waals surface area (Å²) in [7, 11) is -4.17. The standard InChI is InChI=1S/C35H39N3O5S/c1-5-27(3)36-35(40)28(4)37(24-29-12-8-6-9-13-29)34(39)25-38(44(41,42)33-22-16-26(2)17-23-33)30-18-20-32(21-19-30)43-31-14-10-7-11-15-31/h6-23,27-28H,5,24-25H2,1-4H3,(H,36,40)/t27-,28-/m1/s1. The minimum Gasteiger partial charge on any atom is -0.457 e. The number of anilines is 1. The van der Waals surface area contributed by atoms with Crippen LogP contribution in [-0.2, 0) is 26.2 Å². The average molecular weight is 614 g/mol. The number of nitrogens with zero attached hydrogens (tertiary/aromatic N) is 2. The van der Waals surface area contributed by atoms with Crippen LogP contribution in [0.2, 0.25) is 0 Å². The van der Waals surface area contributed by atoms with Gasteiger partial charge >= 0.3 is 0 Å². The predicted molar refractivity (Wildman–Crippen MR) is 173 cm³/mol. The van der Waals surface area contributed by atoms with E-state index in [1.807, 2.05) is 81.4 Å². The molecule has 44 heavy (non-hydrogen) atoms. The third kappa shape index (κ3) is 8.26. The summed E-state index contributed by atoms with van der Waals surface area (Å²) in [5, 5.41) is 2.94. The third-order valence-corrected chi connectivity index (χ3v) is 9.14. The van der Waals surface area contributed by atoms with Crippen LogP contribution < -0.4 is 14.4 Å². The van der Waals surface area contributed by atoms with Gasteiger partial charge in [0.2, 0.25) is 11.8 Å². The molecule has 2 amide bonds. The molecule has 0 spiro atoms. The third-order valence-electron chi connectivity index (χ3n) is 7.36. The monoisotopic (exact) mass is 613 g/mol. The summed E-state index contributed by atoms with van der Waals surface area (Å²) in [5.41, 5.74) is 2.01. The fourth-order valence-corrected chi connectivity index (χ4v) is 5.91. The van der Waals surface area contributed by atoms with Gasteiger partial charge in [-0.05, 0) is 81.3 Å². The van der Waals surface area contributed by atoms with E-state index in [1.54, 1.807) is 43.3 Å². The van der Waals surface area contributed by atoms with E-state index in [1.165, 1.54) is 17.0 Å². The Kier molecular flexibility index (Phi) is 10.8. The van der Waals surface area contributed by atoms with Crippen molar-refractivity contribution in [2.24, 2.45) is 0 Å². The molecule has 0 saturated carbocycles. The first-order chi connectivity index (χ1) is 21.1. The predicted octanol–water partition coefficient (Wildman–Crippen LogP) is 6.31. The SMILES string of the molecule is CC[C@@H](C)NC(=O)[C@@H](C)N(Cc1ccccc1)C(=O)CN(c1ccc(Oc2ccccc2)cc1)S(=O)(=O)c1ccc(C)cc1. The fraction of sp³-hybridized carbons (Fsp3) is 0.257. The highest BCUT2D eigenvalue weighted by molar-refractivity contribution is 7.92. The molecule has 9 heteroatoms. The van der Waals surface area contributed by atoms with Gasteiger partial charge in [-0.3, -0.25) is 13.9 Å². The Hall–Kier alpha value is -4.63. The van der Waals surface area contributed by atoms with E-state index in [2.05, 4.69) is 5.32 Å². The molecule has 0 radical (unpaired) electrons. The lowest BCUT2D eigenvalue weighted by molar-refractivity contribution is -0.139. The number of para-hydroxylation sites is 1. The summed E-state index contributed by atoms with van der Waals surface area (Å²) in [6.45, 7) is 7.02. The Morgan fingerprint density at radius 3 is 1.95 bits per heavy atom. The normalized spacial score (nSPS) is 12.5. The van der Waals surface area contributed by atoms with E-state index < -0.39 is 28.5 Å². The Morgan fingerprint density at radius 2 is 1.36 bits per heavy atom. The van der Waals surface area contributed by atoms with Gasteiger partial charge in [-0.25, -0.2) is 8.42 Å². The highest BCUT2D eigenvalue weighted by Crippen LogP contribution is 2.28. The van der Waals surface area contributed by atoms with Crippen LogP contribution in [-0.4, -0.2) is 43.8 Å². The lowest BCUT2D eigenvalue weighted by Gasteiger charge is -2.32. The topological polar surface area (TPSA) is 96.0 Å². The lowest BCUT2D eigenvalue weighted by Crippen LogP contribution is -2.52. The lowest BCUT2D eigenvalue weighted by atomic mass is 10.1. The second-order valence-electron chi connectivity index (χ2n) is 10.7. The van der Waals surface area contributed by atoms with Gasteiger partial charge in [-0.15, -0.1) is 0 Å². The number of ether oxygens (including phenoxy) is 1. The maximum Gasteiger partial charge on any atom is 0.264 e. The fourth-order valence-electron chi connectivity index (χ4n) is 4.50. The van der Waals surface area contributed by atoms with Gasteiger partial charge in [0.15, 0.2) is 0 Å². The van der Waals surface area contributed by atoms with E-state index in [-0.39, 0.29) is 29.1 Å². The summed E-state index contributed by atoms with van der Waals surface area (Å²) in [6.07, 6.45) is 0.734. The second-order valence-corrected chi connectivity index (χ2v) is 12.6. The number of hydrogen-bond acceptors (Lipinski definition) is 5. The van der Waals surface area contributed by atoms with Gasteiger partial charge in [0, 0.05) is 12.6 Å². The van der Waals surface area contributed by atoms with Crippen LogP contribution in [0.25, 0.3) is 0 Å². The summed E-state index contributed by atoms with van der Waals surface area (Å²) >= 11 is 0. The average Bonchev–Trinajstić information content (AvgIpc) is 3.03. The van der Waals surface area contributed by atoms with Crippen LogP contribution in [0.3, 0.4) is 0 Å². The quantitative estimate of drug-likeness (QED) is 0.191. The zero-order valence-corrected chi connectivity index (χ0v) is 26.3. The van der Waals surface area contributed by atoms with Gasteiger partial charge in [0.25, 0.3) is 10.0 Å². The van der Waals surface area contributed by atoms with E-state index in [0.29, 0.717) is 11.5 Å². The number of aryl methyl sites for hydroxylation is 1. The number of carbonyl (C=O) groups is 2. The second kappa shape index (κ2) is 14.7. The maximum absolute atomic E-state index is 14.1. The molecule has 1 N–H and O–H groups in total. The molecule has 0 heterocycles. The smallest absolute Gasteiger partial charge is 0.264 e. The maximum atomic E-state index is 14.1. The van der Waals surface area contributed by atoms with Gasteiger partial charge in [-0.2, -0.15) is 0 Å². The number of carbonyl (C=O) groups excluding carboxylic acids is 2. The summed E-state index contributed by atoms with van der Waals surface area (Å²) in [6, 6.07) is 30.7. The first-order valence-corrected chi connectivity index (χ1v) is 16.1.